The average molecular weight is 411 g/mol. The molecule has 4 rings (SSSR count). The molecule has 0 aliphatic carbocycles. The maximum Gasteiger partial charge on any atom is 0.238 e. The summed E-state index contributed by atoms with van der Waals surface area (Å²) in [7, 11) is 0. The highest BCUT2D eigenvalue weighted by atomic mass is 35.5. The molecule has 2 heterocycles. The molecule has 150 valence electrons. The van der Waals surface area contributed by atoms with E-state index in [0.29, 0.717) is 10.9 Å². The summed E-state index contributed by atoms with van der Waals surface area (Å²) in [5.41, 5.74) is 3.91. The fraction of sp³-hybridized carbons (Fsp3) is 0.273. The van der Waals surface area contributed by atoms with Crippen LogP contribution in [0.25, 0.3) is 5.69 Å². The lowest BCUT2D eigenvalue weighted by Crippen LogP contribution is -2.35. The van der Waals surface area contributed by atoms with Crippen LogP contribution in [0.2, 0.25) is 5.02 Å². The van der Waals surface area contributed by atoms with Crippen molar-refractivity contribution in [2.75, 3.05) is 26.3 Å². The zero-order valence-electron chi connectivity index (χ0n) is 16.5. The van der Waals surface area contributed by atoms with Gasteiger partial charge in [0.25, 0.3) is 0 Å². The smallest absolute Gasteiger partial charge is 0.238 e. The van der Waals surface area contributed by atoms with Crippen molar-refractivity contribution in [3.8, 4) is 17.3 Å². The van der Waals surface area contributed by atoms with Crippen molar-refractivity contribution >= 4 is 23.6 Å². The van der Waals surface area contributed by atoms with Gasteiger partial charge in [-0.1, -0.05) is 11.6 Å². The number of rotatable bonds is 5. The van der Waals surface area contributed by atoms with Gasteiger partial charge in [-0.2, -0.15) is 0 Å². The van der Waals surface area contributed by atoms with Gasteiger partial charge in [0.1, 0.15) is 5.75 Å². The SMILES string of the molecule is Cc1cc(Oc2ccn(-c3ccc(Cl)cc3)n2)c(C)cc1N=CN1CCOCC1. The molecule has 0 saturated carbocycles. The molecule has 1 aliphatic rings. The third-order valence-electron chi connectivity index (χ3n) is 4.77. The number of aryl methyl sites for hydroxylation is 2. The van der Waals surface area contributed by atoms with Crippen LogP contribution in [0.5, 0.6) is 11.6 Å². The van der Waals surface area contributed by atoms with E-state index < -0.39 is 0 Å². The van der Waals surface area contributed by atoms with Gasteiger partial charge < -0.3 is 14.4 Å². The first-order chi connectivity index (χ1) is 14.1. The molecule has 0 bridgehead atoms. The predicted molar refractivity (Wildman–Crippen MR) is 115 cm³/mol. The second-order valence-electron chi connectivity index (χ2n) is 6.97. The first-order valence-electron chi connectivity index (χ1n) is 9.55. The Kier molecular flexibility index (Phi) is 5.83. The van der Waals surface area contributed by atoms with Crippen molar-refractivity contribution < 1.29 is 9.47 Å². The van der Waals surface area contributed by atoms with Gasteiger partial charge in [0, 0.05) is 30.4 Å². The van der Waals surface area contributed by atoms with E-state index in [9.17, 15) is 0 Å². The number of aliphatic imine (C=N–C) groups is 1. The Morgan fingerprint density at radius 1 is 1.07 bits per heavy atom. The van der Waals surface area contributed by atoms with E-state index in [2.05, 4.69) is 15.0 Å². The summed E-state index contributed by atoms with van der Waals surface area (Å²) in [4.78, 5) is 6.82. The first kappa shape index (κ1) is 19.5. The highest BCUT2D eigenvalue weighted by molar-refractivity contribution is 6.30. The molecule has 6 nitrogen and oxygen atoms in total. The number of ether oxygens (including phenoxy) is 2. The average Bonchev–Trinajstić information content (AvgIpc) is 3.19. The predicted octanol–water partition coefficient (Wildman–Crippen LogP) is 4.93. The van der Waals surface area contributed by atoms with E-state index in [-0.39, 0.29) is 0 Å². The van der Waals surface area contributed by atoms with Gasteiger partial charge in [0.15, 0.2) is 0 Å². The molecule has 1 aromatic heterocycles. The summed E-state index contributed by atoms with van der Waals surface area (Å²) in [6, 6.07) is 13.4. The van der Waals surface area contributed by atoms with Gasteiger partial charge in [-0.05, 0) is 61.4 Å². The molecule has 7 heteroatoms. The van der Waals surface area contributed by atoms with Crippen molar-refractivity contribution in [2.24, 2.45) is 4.99 Å². The minimum Gasteiger partial charge on any atom is -0.437 e. The molecule has 3 aromatic rings. The highest BCUT2D eigenvalue weighted by Gasteiger charge is 2.10. The Morgan fingerprint density at radius 3 is 2.59 bits per heavy atom. The maximum atomic E-state index is 6.03. The fourth-order valence-electron chi connectivity index (χ4n) is 3.07. The molecule has 0 unspecified atom stereocenters. The van der Waals surface area contributed by atoms with Crippen molar-refractivity contribution in [3.05, 3.63) is 64.8 Å². The van der Waals surface area contributed by atoms with Gasteiger partial charge in [0.2, 0.25) is 5.88 Å². The van der Waals surface area contributed by atoms with Crippen molar-refractivity contribution in [1.29, 1.82) is 0 Å². The van der Waals surface area contributed by atoms with E-state index in [1.165, 1.54) is 0 Å². The molecule has 29 heavy (non-hydrogen) atoms. The largest absolute Gasteiger partial charge is 0.437 e. The fourth-order valence-corrected chi connectivity index (χ4v) is 3.20. The number of benzene rings is 2. The summed E-state index contributed by atoms with van der Waals surface area (Å²) < 4.78 is 13.2. The van der Waals surface area contributed by atoms with E-state index in [4.69, 9.17) is 21.1 Å². The lowest BCUT2D eigenvalue weighted by atomic mass is 10.1. The van der Waals surface area contributed by atoms with Crippen molar-refractivity contribution in [3.63, 3.8) is 0 Å². The lowest BCUT2D eigenvalue weighted by Gasteiger charge is -2.24. The van der Waals surface area contributed by atoms with Gasteiger partial charge in [-0.15, -0.1) is 5.10 Å². The summed E-state index contributed by atoms with van der Waals surface area (Å²) in [5, 5.41) is 5.19. The Hall–Kier alpha value is -2.83. The van der Waals surface area contributed by atoms with Crippen LogP contribution >= 0.6 is 11.6 Å². The molecule has 2 aromatic carbocycles. The lowest BCUT2D eigenvalue weighted by molar-refractivity contribution is 0.0701. The van der Waals surface area contributed by atoms with Crippen LogP contribution in [0, 0.1) is 13.8 Å². The summed E-state index contributed by atoms with van der Waals surface area (Å²) in [6.07, 6.45) is 3.76. The van der Waals surface area contributed by atoms with Crippen LogP contribution < -0.4 is 4.74 Å². The summed E-state index contributed by atoms with van der Waals surface area (Å²) >= 11 is 5.95. The third-order valence-corrected chi connectivity index (χ3v) is 5.02. The minimum absolute atomic E-state index is 0.534. The van der Waals surface area contributed by atoms with Gasteiger partial charge in [0.05, 0.1) is 30.9 Å². The second-order valence-corrected chi connectivity index (χ2v) is 7.41. The van der Waals surface area contributed by atoms with Crippen LogP contribution in [-0.4, -0.2) is 47.3 Å². The monoisotopic (exact) mass is 410 g/mol. The Bertz CT molecular complexity index is 1010. The van der Waals surface area contributed by atoms with Gasteiger partial charge >= 0.3 is 0 Å². The Labute approximate surface area is 175 Å². The minimum atomic E-state index is 0.534. The number of halogens is 1. The summed E-state index contributed by atoms with van der Waals surface area (Å²) in [6.45, 7) is 7.29. The van der Waals surface area contributed by atoms with E-state index in [1.54, 1.807) is 4.68 Å². The molecule has 0 amide bonds. The van der Waals surface area contributed by atoms with Crippen LogP contribution in [0.1, 0.15) is 11.1 Å². The second kappa shape index (κ2) is 8.68. The van der Waals surface area contributed by atoms with Crippen LogP contribution in [0.3, 0.4) is 0 Å². The van der Waals surface area contributed by atoms with E-state index in [1.807, 2.05) is 68.8 Å². The number of nitrogens with zero attached hydrogens (tertiary/aromatic N) is 4. The standard InChI is InChI=1S/C22H23ClN4O2/c1-16-14-21(17(2)13-20(16)24-15-26-9-11-28-12-10-26)29-22-7-8-27(25-22)19-5-3-18(23)4-6-19/h3-8,13-15H,9-12H2,1-2H3. The number of aromatic nitrogens is 2. The van der Waals surface area contributed by atoms with Crippen LogP contribution in [-0.2, 0) is 4.74 Å². The van der Waals surface area contributed by atoms with E-state index in [0.717, 1.165) is 54.6 Å². The van der Waals surface area contributed by atoms with Gasteiger partial charge in [-0.25, -0.2) is 9.67 Å². The Balaban J connectivity index is 1.48. The molecule has 0 atom stereocenters. The van der Waals surface area contributed by atoms with Crippen molar-refractivity contribution in [1.82, 2.24) is 14.7 Å². The summed E-state index contributed by atoms with van der Waals surface area (Å²) in [5.74, 6) is 1.31. The molecular weight excluding hydrogens is 388 g/mol. The number of hydrogen-bond acceptors (Lipinski definition) is 4. The quantitative estimate of drug-likeness (QED) is 0.442. The maximum absolute atomic E-state index is 6.03. The van der Waals surface area contributed by atoms with Gasteiger partial charge in [-0.3, -0.25) is 0 Å². The van der Waals surface area contributed by atoms with Crippen molar-refractivity contribution in [2.45, 2.75) is 13.8 Å². The van der Waals surface area contributed by atoms with Crippen LogP contribution in [0.4, 0.5) is 5.69 Å². The molecule has 1 fully saturated rings. The highest BCUT2D eigenvalue weighted by Crippen LogP contribution is 2.31. The molecular formula is C22H23ClN4O2. The molecule has 1 saturated heterocycles. The normalized spacial score (nSPS) is 14.5. The first-order valence-corrected chi connectivity index (χ1v) is 9.93. The zero-order valence-corrected chi connectivity index (χ0v) is 17.3. The molecule has 0 spiro atoms. The van der Waals surface area contributed by atoms with Crippen LogP contribution in [0.15, 0.2) is 53.7 Å². The third kappa shape index (κ3) is 4.78. The topological polar surface area (TPSA) is 51.9 Å². The zero-order chi connectivity index (χ0) is 20.2. The molecule has 1 aliphatic heterocycles. The molecule has 0 N–H and O–H groups in total. The molecule has 0 radical (unpaired) electrons. The number of morpholine rings is 1. The Morgan fingerprint density at radius 2 is 1.83 bits per heavy atom. The van der Waals surface area contributed by atoms with E-state index >= 15 is 0 Å². The number of hydrogen-bond donors (Lipinski definition) is 0.